The van der Waals surface area contributed by atoms with Gasteiger partial charge in [-0.05, 0) is 24.1 Å². The summed E-state index contributed by atoms with van der Waals surface area (Å²) in [6.45, 7) is 3.62. The SMILES string of the molecule is CCCCNC(=NC)NCc1ccc(S(=O)(=O)N(C)C)cc1.I. The lowest BCUT2D eigenvalue weighted by Gasteiger charge is -2.13. The van der Waals surface area contributed by atoms with Gasteiger partial charge in [-0.1, -0.05) is 25.5 Å². The minimum atomic E-state index is -3.37. The second-order valence-corrected chi connectivity index (χ2v) is 7.29. The molecule has 1 rings (SSSR count). The van der Waals surface area contributed by atoms with Gasteiger partial charge in [-0.15, -0.1) is 24.0 Å². The summed E-state index contributed by atoms with van der Waals surface area (Å²) in [4.78, 5) is 4.44. The van der Waals surface area contributed by atoms with Crippen LogP contribution >= 0.6 is 24.0 Å². The third kappa shape index (κ3) is 7.05. The average Bonchev–Trinajstić information content (AvgIpc) is 2.51. The van der Waals surface area contributed by atoms with Crippen molar-refractivity contribution in [2.45, 2.75) is 31.2 Å². The van der Waals surface area contributed by atoms with Gasteiger partial charge in [0.1, 0.15) is 0 Å². The maximum atomic E-state index is 12.0. The topological polar surface area (TPSA) is 73.8 Å². The van der Waals surface area contributed by atoms with Crippen molar-refractivity contribution >= 4 is 40.0 Å². The van der Waals surface area contributed by atoms with Crippen LogP contribution < -0.4 is 10.6 Å². The molecule has 1 aromatic carbocycles. The van der Waals surface area contributed by atoms with Gasteiger partial charge < -0.3 is 10.6 Å². The van der Waals surface area contributed by atoms with Crippen molar-refractivity contribution in [2.75, 3.05) is 27.7 Å². The Labute approximate surface area is 156 Å². The first kappa shape index (κ1) is 22.1. The molecule has 0 spiro atoms. The van der Waals surface area contributed by atoms with E-state index < -0.39 is 10.0 Å². The Hall–Kier alpha value is -0.870. The van der Waals surface area contributed by atoms with Crippen molar-refractivity contribution in [1.29, 1.82) is 0 Å². The Morgan fingerprint density at radius 1 is 1.17 bits per heavy atom. The molecule has 23 heavy (non-hydrogen) atoms. The van der Waals surface area contributed by atoms with Crippen LogP contribution in [0.3, 0.4) is 0 Å². The summed E-state index contributed by atoms with van der Waals surface area (Å²) in [6, 6.07) is 6.87. The fourth-order valence-electron chi connectivity index (χ4n) is 1.78. The largest absolute Gasteiger partial charge is 0.356 e. The summed E-state index contributed by atoms with van der Waals surface area (Å²) in [5.41, 5.74) is 0.996. The van der Waals surface area contributed by atoms with Gasteiger partial charge in [0, 0.05) is 34.2 Å². The summed E-state index contributed by atoms with van der Waals surface area (Å²) in [7, 11) is 1.41. The smallest absolute Gasteiger partial charge is 0.242 e. The number of hydrogen-bond acceptors (Lipinski definition) is 3. The molecule has 0 unspecified atom stereocenters. The second-order valence-electron chi connectivity index (χ2n) is 5.14. The summed E-state index contributed by atoms with van der Waals surface area (Å²) in [5.74, 6) is 0.749. The van der Waals surface area contributed by atoms with Gasteiger partial charge in [0.2, 0.25) is 10.0 Å². The normalized spacial score (nSPS) is 12.0. The van der Waals surface area contributed by atoms with Crippen LogP contribution in [0.15, 0.2) is 34.2 Å². The molecule has 0 fully saturated rings. The Bertz CT molecular complexity index is 586. The predicted octanol–water partition coefficient (Wildman–Crippen LogP) is 2.02. The van der Waals surface area contributed by atoms with Gasteiger partial charge in [-0.3, -0.25) is 4.99 Å². The van der Waals surface area contributed by atoms with Crippen molar-refractivity contribution in [3.63, 3.8) is 0 Å². The minimum Gasteiger partial charge on any atom is -0.356 e. The minimum absolute atomic E-state index is 0. The van der Waals surface area contributed by atoms with E-state index in [2.05, 4.69) is 22.5 Å². The van der Waals surface area contributed by atoms with Crippen molar-refractivity contribution in [3.05, 3.63) is 29.8 Å². The molecule has 0 aromatic heterocycles. The molecule has 2 N–H and O–H groups in total. The molecule has 0 bridgehead atoms. The van der Waals surface area contributed by atoms with Crippen LogP contribution in [0.5, 0.6) is 0 Å². The molecule has 0 radical (unpaired) electrons. The lowest BCUT2D eigenvalue weighted by atomic mass is 10.2. The molecule has 6 nitrogen and oxygen atoms in total. The number of guanidine groups is 1. The van der Waals surface area contributed by atoms with Crippen molar-refractivity contribution < 1.29 is 8.42 Å². The molecule has 0 saturated heterocycles. The molecule has 0 aliphatic carbocycles. The van der Waals surface area contributed by atoms with E-state index in [0.717, 1.165) is 30.9 Å². The average molecular weight is 454 g/mol. The van der Waals surface area contributed by atoms with Gasteiger partial charge in [0.25, 0.3) is 0 Å². The van der Waals surface area contributed by atoms with E-state index in [4.69, 9.17) is 0 Å². The molecular weight excluding hydrogens is 427 g/mol. The van der Waals surface area contributed by atoms with Crippen LogP contribution in [-0.4, -0.2) is 46.4 Å². The lowest BCUT2D eigenvalue weighted by Crippen LogP contribution is -2.37. The predicted molar refractivity (Wildman–Crippen MR) is 106 cm³/mol. The number of halogens is 1. The van der Waals surface area contributed by atoms with Crippen LogP contribution in [0.25, 0.3) is 0 Å². The standard InChI is InChI=1S/C15H26N4O2S.HI/c1-5-6-11-17-15(16-2)18-12-13-7-9-14(10-8-13)22(20,21)19(3)4;/h7-10H,5-6,11-12H2,1-4H3,(H2,16,17,18);1H. The molecule has 8 heteroatoms. The monoisotopic (exact) mass is 454 g/mol. The van der Waals surface area contributed by atoms with Crippen LogP contribution in [0.4, 0.5) is 0 Å². The van der Waals surface area contributed by atoms with E-state index >= 15 is 0 Å². The number of nitrogens with one attached hydrogen (secondary N) is 2. The van der Waals surface area contributed by atoms with E-state index in [0.29, 0.717) is 11.4 Å². The summed E-state index contributed by atoms with van der Waals surface area (Å²) in [5, 5.41) is 6.43. The van der Waals surface area contributed by atoms with Gasteiger partial charge in [-0.25, -0.2) is 12.7 Å². The van der Waals surface area contributed by atoms with Crippen molar-refractivity contribution in [3.8, 4) is 0 Å². The first-order chi connectivity index (χ1) is 10.4. The van der Waals surface area contributed by atoms with E-state index in [9.17, 15) is 8.42 Å². The fraction of sp³-hybridized carbons (Fsp3) is 0.533. The van der Waals surface area contributed by atoms with Crippen LogP contribution in [0.1, 0.15) is 25.3 Å². The number of unbranched alkanes of at least 4 members (excludes halogenated alkanes) is 1. The molecule has 0 amide bonds. The highest BCUT2D eigenvalue weighted by molar-refractivity contribution is 14.0. The Balaban J connectivity index is 0.00000484. The zero-order valence-electron chi connectivity index (χ0n) is 14.2. The maximum absolute atomic E-state index is 12.0. The second kappa shape index (κ2) is 10.8. The maximum Gasteiger partial charge on any atom is 0.242 e. The molecule has 1 aromatic rings. The fourth-order valence-corrected chi connectivity index (χ4v) is 2.68. The zero-order chi connectivity index (χ0) is 16.6. The van der Waals surface area contributed by atoms with Crippen molar-refractivity contribution in [2.24, 2.45) is 4.99 Å². The quantitative estimate of drug-likeness (QED) is 0.286. The number of sulfonamides is 1. The number of hydrogen-bond donors (Lipinski definition) is 2. The van der Waals surface area contributed by atoms with Crippen molar-refractivity contribution in [1.82, 2.24) is 14.9 Å². The third-order valence-corrected chi connectivity index (χ3v) is 5.04. The molecular formula is C15H27IN4O2S. The van der Waals surface area contributed by atoms with E-state index in [1.807, 2.05) is 12.1 Å². The van der Waals surface area contributed by atoms with E-state index in [1.165, 1.54) is 18.4 Å². The third-order valence-electron chi connectivity index (χ3n) is 3.21. The van der Waals surface area contributed by atoms with Gasteiger partial charge in [-0.2, -0.15) is 0 Å². The van der Waals surface area contributed by atoms with Crippen LogP contribution in [-0.2, 0) is 16.6 Å². The van der Waals surface area contributed by atoms with Gasteiger partial charge in [0.05, 0.1) is 4.90 Å². The van der Waals surface area contributed by atoms with Crippen LogP contribution in [0.2, 0.25) is 0 Å². The van der Waals surface area contributed by atoms with Crippen LogP contribution in [0, 0.1) is 0 Å². The number of aliphatic imine (C=N–C) groups is 1. The highest BCUT2D eigenvalue weighted by atomic mass is 127. The van der Waals surface area contributed by atoms with E-state index in [1.54, 1.807) is 19.2 Å². The molecule has 0 heterocycles. The number of benzene rings is 1. The molecule has 0 aliphatic rings. The zero-order valence-corrected chi connectivity index (χ0v) is 17.3. The summed E-state index contributed by atoms with van der Waals surface area (Å²) in [6.07, 6.45) is 2.23. The Morgan fingerprint density at radius 2 is 1.78 bits per heavy atom. The number of nitrogens with zero attached hydrogens (tertiary/aromatic N) is 2. The summed E-state index contributed by atoms with van der Waals surface area (Å²) >= 11 is 0. The highest BCUT2D eigenvalue weighted by Gasteiger charge is 2.16. The molecule has 0 aliphatic heterocycles. The van der Waals surface area contributed by atoms with Gasteiger partial charge in [0.15, 0.2) is 5.96 Å². The van der Waals surface area contributed by atoms with E-state index in [-0.39, 0.29) is 24.0 Å². The van der Waals surface area contributed by atoms with Gasteiger partial charge >= 0.3 is 0 Å². The molecule has 0 saturated carbocycles. The first-order valence-electron chi connectivity index (χ1n) is 7.37. The Kier molecular flexibility index (Phi) is 10.4. The molecule has 0 atom stereocenters. The molecule has 132 valence electrons. The number of rotatable bonds is 7. The first-order valence-corrected chi connectivity index (χ1v) is 8.81. The highest BCUT2D eigenvalue weighted by Crippen LogP contribution is 2.13. The summed E-state index contributed by atoms with van der Waals surface area (Å²) < 4.78 is 25.2. The lowest BCUT2D eigenvalue weighted by molar-refractivity contribution is 0.520. The Morgan fingerprint density at radius 3 is 2.26 bits per heavy atom.